The van der Waals surface area contributed by atoms with Crippen molar-refractivity contribution < 1.29 is 9.53 Å². The molecule has 19 heavy (non-hydrogen) atoms. The number of rotatable bonds is 6. The fourth-order valence-corrected chi connectivity index (χ4v) is 2.76. The van der Waals surface area contributed by atoms with Crippen molar-refractivity contribution in [3.8, 4) is 0 Å². The van der Waals surface area contributed by atoms with Crippen molar-refractivity contribution in [2.24, 2.45) is 5.92 Å². The Morgan fingerprint density at radius 3 is 2.68 bits per heavy atom. The quantitative estimate of drug-likeness (QED) is 0.726. The van der Waals surface area contributed by atoms with Gasteiger partial charge < -0.3 is 15.4 Å². The monoisotopic (exact) mass is 270 g/mol. The van der Waals surface area contributed by atoms with Gasteiger partial charge in [0.05, 0.1) is 7.11 Å². The zero-order valence-corrected chi connectivity index (χ0v) is 12.9. The van der Waals surface area contributed by atoms with E-state index in [1.165, 1.54) is 32.8 Å². The Hall–Kier alpha value is -0.610. The minimum atomic E-state index is -0.203. The minimum Gasteiger partial charge on any atom is -0.468 e. The van der Waals surface area contributed by atoms with E-state index in [4.69, 9.17) is 4.74 Å². The lowest BCUT2D eigenvalue weighted by Gasteiger charge is -2.27. The summed E-state index contributed by atoms with van der Waals surface area (Å²) in [7, 11) is 1.46. The number of nitrogens with one attached hydrogen (secondary N) is 2. The standard InChI is InChI=1S/C15H30N2O2/c1-11(2)14(15(18)19-4)17-12(3)10-13-8-6-5-7-9-16-13/h11-14,16-17H,5-10H2,1-4H3. The van der Waals surface area contributed by atoms with Crippen LogP contribution < -0.4 is 10.6 Å². The molecule has 1 saturated heterocycles. The van der Waals surface area contributed by atoms with Gasteiger partial charge in [-0.25, -0.2) is 0 Å². The average Bonchev–Trinajstić information content (AvgIpc) is 2.63. The van der Waals surface area contributed by atoms with E-state index >= 15 is 0 Å². The van der Waals surface area contributed by atoms with Crippen LogP contribution in [-0.4, -0.2) is 37.7 Å². The first-order valence-electron chi connectivity index (χ1n) is 7.61. The molecule has 1 aliphatic rings. The van der Waals surface area contributed by atoms with E-state index in [0.29, 0.717) is 12.1 Å². The zero-order valence-electron chi connectivity index (χ0n) is 12.9. The van der Waals surface area contributed by atoms with Gasteiger partial charge in [-0.3, -0.25) is 4.79 Å². The van der Waals surface area contributed by atoms with E-state index < -0.39 is 0 Å². The summed E-state index contributed by atoms with van der Waals surface area (Å²) in [5.74, 6) is 0.0904. The summed E-state index contributed by atoms with van der Waals surface area (Å²) in [6.07, 6.45) is 6.25. The predicted molar refractivity (Wildman–Crippen MR) is 78.1 cm³/mol. The van der Waals surface area contributed by atoms with Gasteiger partial charge in [-0.05, 0) is 38.6 Å². The number of methoxy groups -OCH3 is 1. The molecule has 1 aliphatic heterocycles. The first kappa shape index (κ1) is 16.4. The van der Waals surface area contributed by atoms with Gasteiger partial charge >= 0.3 is 5.97 Å². The van der Waals surface area contributed by atoms with E-state index in [1.54, 1.807) is 0 Å². The van der Waals surface area contributed by atoms with Crippen molar-refractivity contribution in [2.75, 3.05) is 13.7 Å². The molecule has 0 aromatic rings. The van der Waals surface area contributed by atoms with Crippen LogP contribution in [0.2, 0.25) is 0 Å². The van der Waals surface area contributed by atoms with Crippen LogP contribution in [0.3, 0.4) is 0 Å². The number of hydrogen-bond donors (Lipinski definition) is 2. The molecule has 0 amide bonds. The van der Waals surface area contributed by atoms with Gasteiger partial charge in [0, 0.05) is 12.1 Å². The average molecular weight is 270 g/mol. The highest BCUT2D eigenvalue weighted by Gasteiger charge is 2.25. The summed E-state index contributed by atoms with van der Waals surface area (Å²) in [5, 5.41) is 7.02. The molecular formula is C15H30N2O2. The lowest BCUT2D eigenvalue weighted by Crippen LogP contribution is -2.48. The predicted octanol–water partition coefficient (Wildman–Crippen LogP) is 2.08. The van der Waals surface area contributed by atoms with Crippen molar-refractivity contribution >= 4 is 5.97 Å². The summed E-state index contributed by atoms with van der Waals surface area (Å²) >= 11 is 0. The molecular weight excluding hydrogens is 240 g/mol. The fraction of sp³-hybridized carbons (Fsp3) is 0.933. The third-order valence-corrected chi connectivity index (χ3v) is 3.89. The summed E-state index contributed by atoms with van der Waals surface area (Å²) in [5.41, 5.74) is 0. The highest BCUT2D eigenvalue weighted by atomic mass is 16.5. The van der Waals surface area contributed by atoms with Crippen LogP contribution in [0.5, 0.6) is 0 Å². The molecule has 0 saturated carbocycles. The smallest absolute Gasteiger partial charge is 0.323 e. The maximum absolute atomic E-state index is 11.7. The Morgan fingerprint density at radius 2 is 2.05 bits per heavy atom. The molecule has 4 heteroatoms. The molecule has 1 heterocycles. The lowest BCUT2D eigenvalue weighted by molar-refractivity contribution is -0.144. The van der Waals surface area contributed by atoms with Gasteiger partial charge in [0.25, 0.3) is 0 Å². The van der Waals surface area contributed by atoms with E-state index in [9.17, 15) is 4.79 Å². The highest BCUT2D eigenvalue weighted by Crippen LogP contribution is 2.14. The molecule has 3 unspecified atom stereocenters. The Balaban J connectivity index is 2.42. The van der Waals surface area contributed by atoms with Crippen LogP contribution in [0.25, 0.3) is 0 Å². The summed E-state index contributed by atoms with van der Waals surface area (Å²) in [6.45, 7) is 7.38. The van der Waals surface area contributed by atoms with Gasteiger partial charge in [-0.15, -0.1) is 0 Å². The molecule has 4 nitrogen and oxygen atoms in total. The minimum absolute atomic E-state index is 0.157. The molecule has 112 valence electrons. The molecule has 3 atom stereocenters. The van der Waals surface area contributed by atoms with Crippen molar-refractivity contribution in [3.05, 3.63) is 0 Å². The Morgan fingerprint density at radius 1 is 1.32 bits per heavy atom. The molecule has 0 aromatic carbocycles. The first-order chi connectivity index (χ1) is 9.04. The largest absolute Gasteiger partial charge is 0.468 e. The van der Waals surface area contributed by atoms with Gasteiger partial charge in [0.2, 0.25) is 0 Å². The third-order valence-electron chi connectivity index (χ3n) is 3.89. The second-order valence-corrected chi connectivity index (χ2v) is 6.05. The number of hydrogen-bond acceptors (Lipinski definition) is 4. The van der Waals surface area contributed by atoms with Crippen LogP contribution in [0.4, 0.5) is 0 Å². The molecule has 1 fully saturated rings. The molecule has 1 rings (SSSR count). The second-order valence-electron chi connectivity index (χ2n) is 6.05. The van der Waals surface area contributed by atoms with E-state index in [1.807, 2.05) is 13.8 Å². The van der Waals surface area contributed by atoms with E-state index in [0.717, 1.165) is 13.0 Å². The fourth-order valence-electron chi connectivity index (χ4n) is 2.76. The zero-order chi connectivity index (χ0) is 14.3. The number of carbonyl (C=O) groups is 1. The maximum Gasteiger partial charge on any atom is 0.323 e. The molecule has 0 spiro atoms. The summed E-state index contributed by atoms with van der Waals surface area (Å²) < 4.78 is 4.87. The normalized spacial score (nSPS) is 23.7. The Kier molecular flexibility index (Phi) is 7.39. The van der Waals surface area contributed by atoms with Crippen LogP contribution in [0, 0.1) is 5.92 Å². The molecule has 0 aliphatic carbocycles. The summed E-state index contributed by atoms with van der Waals surface area (Å²) in [4.78, 5) is 11.7. The van der Waals surface area contributed by atoms with Gasteiger partial charge in [0.15, 0.2) is 0 Å². The van der Waals surface area contributed by atoms with Gasteiger partial charge in [-0.2, -0.15) is 0 Å². The van der Waals surface area contributed by atoms with Crippen LogP contribution in [0.1, 0.15) is 52.9 Å². The number of carbonyl (C=O) groups excluding carboxylic acids is 1. The molecule has 0 aromatic heterocycles. The Bertz CT molecular complexity index is 261. The van der Waals surface area contributed by atoms with Crippen LogP contribution in [0.15, 0.2) is 0 Å². The van der Waals surface area contributed by atoms with Crippen molar-refractivity contribution in [2.45, 2.75) is 71.0 Å². The Labute approximate surface area is 117 Å². The van der Waals surface area contributed by atoms with E-state index in [2.05, 4.69) is 17.6 Å². The topological polar surface area (TPSA) is 50.4 Å². The van der Waals surface area contributed by atoms with Crippen LogP contribution in [-0.2, 0) is 9.53 Å². The van der Waals surface area contributed by atoms with E-state index in [-0.39, 0.29) is 17.9 Å². The molecule has 2 N–H and O–H groups in total. The molecule has 0 radical (unpaired) electrons. The van der Waals surface area contributed by atoms with Gasteiger partial charge in [-0.1, -0.05) is 26.7 Å². The SMILES string of the molecule is COC(=O)C(NC(C)CC1CCCCCN1)C(C)C. The maximum atomic E-state index is 11.7. The number of esters is 1. The van der Waals surface area contributed by atoms with Crippen molar-refractivity contribution in [1.82, 2.24) is 10.6 Å². The lowest BCUT2D eigenvalue weighted by atomic mass is 9.99. The summed E-state index contributed by atoms with van der Waals surface area (Å²) in [6, 6.07) is 0.698. The van der Waals surface area contributed by atoms with Crippen LogP contribution >= 0.6 is 0 Å². The third kappa shape index (κ3) is 5.91. The second kappa shape index (κ2) is 8.54. The number of ether oxygens (including phenoxy) is 1. The van der Waals surface area contributed by atoms with Gasteiger partial charge in [0.1, 0.15) is 6.04 Å². The first-order valence-corrected chi connectivity index (χ1v) is 7.61. The highest BCUT2D eigenvalue weighted by molar-refractivity contribution is 5.75. The van der Waals surface area contributed by atoms with Crippen molar-refractivity contribution in [1.29, 1.82) is 0 Å². The molecule has 0 bridgehead atoms. The van der Waals surface area contributed by atoms with Crippen molar-refractivity contribution in [3.63, 3.8) is 0 Å².